The first-order valence-electron chi connectivity index (χ1n) is 11.2. The summed E-state index contributed by atoms with van der Waals surface area (Å²) in [5, 5.41) is 0. The third kappa shape index (κ3) is 5.09. The second-order valence-electron chi connectivity index (χ2n) is 8.88. The van der Waals surface area contributed by atoms with E-state index < -0.39 is 0 Å². The smallest absolute Gasteiger partial charge is 0.126 e. The molecule has 2 rings (SSSR count). The van der Waals surface area contributed by atoms with Crippen LogP contribution in [-0.2, 0) is 4.79 Å². The van der Waals surface area contributed by atoms with Crippen molar-refractivity contribution in [2.45, 2.75) is 117 Å². The van der Waals surface area contributed by atoms with Crippen LogP contribution in [0.1, 0.15) is 117 Å². The SMILES string of the molecule is CCCC(CCC)CCC(C=O)(C1CCCCC1)C1CCCCC1. The second kappa shape index (κ2) is 10.6. The van der Waals surface area contributed by atoms with Crippen LogP contribution in [0.15, 0.2) is 0 Å². The molecule has 2 saturated carbocycles. The van der Waals surface area contributed by atoms with E-state index in [4.69, 9.17) is 0 Å². The lowest BCUT2D eigenvalue weighted by Gasteiger charge is -2.46. The fourth-order valence-electron chi connectivity index (χ4n) is 5.98. The fourth-order valence-corrected chi connectivity index (χ4v) is 5.98. The van der Waals surface area contributed by atoms with Crippen molar-refractivity contribution in [2.24, 2.45) is 23.2 Å². The first-order chi connectivity index (χ1) is 11.8. The van der Waals surface area contributed by atoms with Crippen LogP contribution in [0, 0.1) is 23.2 Å². The van der Waals surface area contributed by atoms with E-state index in [1.807, 2.05) is 0 Å². The summed E-state index contributed by atoms with van der Waals surface area (Å²) < 4.78 is 0. The van der Waals surface area contributed by atoms with Crippen molar-refractivity contribution in [2.75, 3.05) is 0 Å². The Morgan fingerprint density at radius 3 is 1.62 bits per heavy atom. The molecule has 0 aliphatic heterocycles. The van der Waals surface area contributed by atoms with Crippen LogP contribution in [-0.4, -0.2) is 6.29 Å². The zero-order chi connectivity index (χ0) is 17.3. The number of carbonyl (C=O) groups excluding carboxylic acids is 1. The quantitative estimate of drug-likeness (QED) is 0.382. The van der Waals surface area contributed by atoms with Crippen molar-refractivity contribution in [1.29, 1.82) is 0 Å². The molecule has 0 N–H and O–H groups in total. The van der Waals surface area contributed by atoms with Crippen LogP contribution in [0.25, 0.3) is 0 Å². The lowest BCUT2D eigenvalue weighted by molar-refractivity contribution is -0.126. The van der Waals surface area contributed by atoms with Gasteiger partial charge in [-0.2, -0.15) is 0 Å². The third-order valence-corrected chi connectivity index (χ3v) is 7.33. The van der Waals surface area contributed by atoms with Gasteiger partial charge in [0.1, 0.15) is 6.29 Å². The molecule has 0 aromatic heterocycles. The molecule has 1 heteroatoms. The Hall–Kier alpha value is -0.330. The first kappa shape index (κ1) is 20.0. The molecule has 0 aromatic rings. The van der Waals surface area contributed by atoms with Crippen LogP contribution in [0.2, 0.25) is 0 Å². The molecule has 0 heterocycles. The number of carbonyl (C=O) groups is 1. The molecule has 0 saturated heterocycles. The largest absolute Gasteiger partial charge is 0.303 e. The summed E-state index contributed by atoms with van der Waals surface area (Å²) >= 11 is 0. The zero-order valence-electron chi connectivity index (χ0n) is 16.5. The fraction of sp³-hybridized carbons (Fsp3) is 0.957. The molecule has 2 aliphatic rings. The lowest BCUT2D eigenvalue weighted by Crippen LogP contribution is -2.42. The Kier molecular flexibility index (Phi) is 8.84. The summed E-state index contributed by atoms with van der Waals surface area (Å²) in [5.74, 6) is 2.23. The van der Waals surface area contributed by atoms with Gasteiger partial charge in [0.2, 0.25) is 0 Å². The first-order valence-corrected chi connectivity index (χ1v) is 11.2. The molecule has 0 amide bonds. The molecule has 0 unspecified atom stereocenters. The maximum absolute atomic E-state index is 12.6. The van der Waals surface area contributed by atoms with Gasteiger partial charge in [0.15, 0.2) is 0 Å². The molecule has 2 fully saturated rings. The summed E-state index contributed by atoms with van der Waals surface area (Å²) in [6.45, 7) is 4.63. The molecule has 0 spiro atoms. The Labute approximate surface area is 151 Å². The maximum atomic E-state index is 12.6. The molecule has 24 heavy (non-hydrogen) atoms. The van der Waals surface area contributed by atoms with E-state index in [0.29, 0.717) is 11.8 Å². The Bertz CT molecular complexity index is 312. The highest BCUT2D eigenvalue weighted by molar-refractivity contribution is 5.61. The second-order valence-corrected chi connectivity index (χ2v) is 8.88. The van der Waals surface area contributed by atoms with Gasteiger partial charge in [-0.15, -0.1) is 0 Å². The molecule has 0 aromatic carbocycles. The zero-order valence-corrected chi connectivity index (χ0v) is 16.5. The van der Waals surface area contributed by atoms with Crippen LogP contribution >= 0.6 is 0 Å². The Morgan fingerprint density at radius 1 is 0.792 bits per heavy atom. The van der Waals surface area contributed by atoms with Crippen LogP contribution in [0.3, 0.4) is 0 Å². The van der Waals surface area contributed by atoms with Gasteiger partial charge < -0.3 is 4.79 Å². The van der Waals surface area contributed by atoms with E-state index in [1.54, 1.807) is 0 Å². The molecular formula is C23H42O. The van der Waals surface area contributed by atoms with Crippen LogP contribution < -0.4 is 0 Å². The van der Waals surface area contributed by atoms with Gasteiger partial charge in [0, 0.05) is 5.41 Å². The van der Waals surface area contributed by atoms with E-state index in [9.17, 15) is 4.79 Å². The van der Waals surface area contributed by atoms with Crippen molar-refractivity contribution in [1.82, 2.24) is 0 Å². The van der Waals surface area contributed by atoms with Gasteiger partial charge >= 0.3 is 0 Å². The van der Waals surface area contributed by atoms with Crippen molar-refractivity contribution < 1.29 is 4.79 Å². The highest BCUT2D eigenvalue weighted by Crippen LogP contribution is 2.51. The average Bonchev–Trinajstić information content (AvgIpc) is 2.65. The van der Waals surface area contributed by atoms with Gasteiger partial charge in [-0.3, -0.25) is 0 Å². The molecule has 0 radical (unpaired) electrons. The summed E-state index contributed by atoms with van der Waals surface area (Å²) in [4.78, 5) is 12.6. The lowest BCUT2D eigenvalue weighted by atomic mass is 9.57. The standard InChI is InChI=1S/C23H42O/c1-3-11-20(12-4-2)17-18-23(19-24,21-13-7-5-8-14-21)22-15-9-6-10-16-22/h19-22H,3-18H2,1-2H3. The van der Waals surface area contributed by atoms with E-state index >= 15 is 0 Å². The van der Waals surface area contributed by atoms with Gasteiger partial charge in [0.25, 0.3) is 0 Å². The Morgan fingerprint density at radius 2 is 1.25 bits per heavy atom. The normalized spacial score (nSPS) is 21.3. The van der Waals surface area contributed by atoms with E-state index in [0.717, 1.165) is 5.92 Å². The molecular weight excluding hydrogens is 292 g/mol. The number of aldehydes is 1. The van der Waals surface area contributed by atoms with Crippen molar-refractivity contribution in [3.63, 3.8) is 0 Å². The van der Waals surface area contributed by atoms with Gasteiger partial charge in [-0.25, -0.2) is 0 Å². The van der Waals surface area contributed by atoms with Crippen molar-refractivity contribution in [3.8, 4) is 0 Å². The van der Waals surface area contributed by atoms with Crippen molar-refractivity contribution >= 4 is 6.29 Å². The monoisotopic (exact) mass is 334 g/mol. The topological polar surface area (TPSA) is 17.1 Å². The van der Waals surface area contributed by atoms with Crippen molar-refractivity contribution in [3.05, 3.63) is 0 Å². The molecule has 0 bridgehead atoms. The minimum atomic E-state index is 0.0283. The number of hydrogen-bond acceptors (Lipinski definition) is 1. The third-order valence-electron chi connectivity index (χ3n) is 7.33. The van der Waals surface area contributed by atoms with Gasteiger partial charge in [-0.1, -0.05) is 78.1 Å². The summed E-state index contributed by atoms with van der Waals surface area (Å²) in [7, 11) is 0. The number of hydrogen-bond donors (Lipinski definition) is 0. The summed E-state index contributed by atoms with van der Waals surface area (Å²) in [5.41, 5.74) is 0.0283. The maximum Gasteiger partial charge on any atom is 0.126 e. The number of rotatable bonds is 10. The van der Waals surface area contributed by atoms with E-state index in [-0.39, 0.29) is 5.41 Å². The minimum Gasteiger partial charge on any atom is -0.303 e. The molecule has 140 valence electrons. The van der Waals surface area contributed by atoms with Crippen LogP contribution in [0.5, 0.6) is 0 Å². The molecule has 1 nitrogen and oxygen atoms in total. The summed E-state index contributed by atoms with van der Waals surface area (Å²) in [6, 6.07) is 0. The predicted octanol–water partition coefficient (Wildman–Crippen LogP) is 7.33. The van der Waals surface area contributed by atoms with E-state index in [2.05, 4.69) is 13.8 Å². The van der Waals surface area contributed by atoms with Crippen LogP contribution in [0.4, 0.5) is 0 Å². The Balaban J connectivity index is 2.11. The average molecular weight is 335 g/mol. The van der Waals surface area contributed by atoms with Gasteiger partial charge in [-0.05, 0) is 56.3 Å². The predicted molar refractivity (Wildman–Crippen MR) is 104 cm³/mol. The summed E-state index contributed by atoms with van der Waals surface area (Å²) in [6.07, 6.45) is 22.8. The minimum absolute atomic E-state index is 0.0283. The highest BCUT2D eigenvalue weighted by Gasteiger charge is 2.45. The molecule has 2 aliphatic carbocycles. The highest BCUT2D eigenvalue weighted by atomic mass is 16.1. The van der Waals surface area contributed by atoms with E-state index in [1.165, 1.54) is 109 Å². The molecule has 0 atom stereocenters. The van der Waals surface area contributed by atoms with Gasteiger partial charge in [0.05, 0.1) is 0 Å².